The molecule has 0 radical (unpaired) electrons. The summed E-state index contributed by atoms with van der Waals surface area (Å²) >= 11 is 5.91. The van der Waals surface area contributed by atoms with E-state index in [0.717, 1.165) is 31.4 Å². The van der Waals surface area contributed by atoms with Gasteiger partial charge < -0.3 is 15.4 Å². The van der Waals surface area contributed by atoms with Gasteiger partial charge in [0.05, 0.1) is 12.1 Å². The van der Waals surface area contributed by atoms with Crippen LogP contribution in [0.3, 0.4) is 0 Å². The number of hydrogen-bond donors (Lipinski definition) is 2. The van der Waals surface area contributed by atoms with Gasteiger partial charge >= 0.3 is 0 Å². The Kier molecular flexibility index (Phi) is 8.18. The minimum absolute atomic E-state index is 0. The molecule has 3 unspecified atom stereocenters. The smallest absolute Gasteiger partial charge is 0.237 e. The first-order valence-electron chi connectivity index (χ1n) is 7.44. The van der Waals surface area contributed by atoms with Crippen molar-refractivity contribution in [1.82, 2.24) is 10.6 Å². The first kappa shape index (κ1) is 19.2. The topological polar surface area (TPSA) is 50.4 Å². The summed E-state index contributed by atoms with van der Waals surface area (Å²) in [6.07, 6.45) is 2.96. The molecule has 124 valence electrons. The highest BCUT2D eigenvalue weighted by atomic mass is 35.5. The van der Waals surface area contributed by atoms with E-state index in [0.29, 0.717) is 5.02 Å². The van der Waals surface area contributed by atoms with Gasteiger partial charge in [-0.05, 0) is 44.0 Å². The molecule has 0 spiro atoms. The molecule has 1 aromatic carbocycles. The second kappa shape index (κ2) is 9.36. The monoisotopic (exact) mass is 346 g/mol. The third-order valence-corrected chi connectivity index (χ3v) is 4.16. The molecular formula is C16H24Cl2N2O2. The SMILES string of the molecule is COC(c1ccc(Cl)cc1)C(C)NC(=O)C1CCCCN1.Cl. The second-order valence-electron chi connectivity index (χ2n) is 5.51. The van der Waals surface area contributed by atoms with Crippen molar-refractivity contribution in [2.24, 2.45) is 0 Å². The highest BCUT2D eigenvalue weighted by Gasteiger charge is 2.25. The van der Waals surface area contributed by atoms with Gasteiger partial charge in [0.2, 0.25) is 5.91 Å². The van der Waals surface area contributed by atoms with Crippen molar-refractivity contribution in [2.75, 3.05) is 13.7 Å². The zero-order chi connectivity index (χ0) is 15.2. The van der Waals surface area contributed by atoms with E-state index in [1.807, 2.05) is 31.2 Å². The molecule has 1 saturated heterocycles. The lowest BCUT2D eigenvalue weighted by atomic mass is 10.0. The summed E-state index contributed by atoms with van der Waals surface area (Å²) in [5.74, 6) is 0.0539. The summed E-state index contributed by atoms with van der Waals surface area (Å²) < 4.78 is 5.55. The molecule has 1 aliphatic rings. The highest BCUT2D eigenvalue weighted by molar-refractivity contribution is 6.30. The lowest BCUT2D eigenvalue weighted by Crippen LogP contribution is -2.50. The molecule has 1 heterocycles. The normalized spacial score (nSPS) is 20.6. The molecule has 1 aromatic rings. The summed E-state index contributed by atoms with van der Waals surface area (Å²) in [6, 6.07) is 7.34. The van der Waals surface area contributed by atoms with Crippen LogP contribution >= 0.6 is 24.0 Å². The quantitative estimate of drug-likeness (QED) is 0.861. The Morgan fingerprint density at radius 3 is 2.59 bits per heavy atom. The van der Waals surface area contributed by atoms with Crippen LogP contribution in [-0.4, -0.2) is 31.6 Å². The van der Waals surface area contributed by atoms with Crippen LogP contribution in [0.4, 0.5) is 0 Å². The van der Waals surface area contributed by atoms with Crippen molar-refractivity contribution >= 4 is 29.9 Å². The largest absolute Gasteiger partial charge is 0.375 e. The fourth-order valence-electron chi connectivity index (χ4n) is 2.76. The van der Waals surface area contributed by atoms with E-state index < -0.39 is 0 Å². The molecular weight excluding hydrogens is 323 g/mol. The average Bonchev–Trinajstić information content (AvgIpc) is 2.50. The standard InChI is InChI=1S/C16H23ClN2O2.ClH/c1-11(19-16(20)14-5-3-4-10-18-14)15(21-2)12-6-8-13(17)9-7-12;/h6-9,11,14-15,18H,3-5,10H2,1-2H3,(H,19,20);1H. The Morgan fingerprint density at radius 1 is 1.36 bits per heavy atom. The molecule has 4 nitrogen and oxygen atoms in total. The number of carbonyl (C=O) groups excluding carboxylic acids is 1. The maximum absolute atomic E-state index is 12.3. The zero-order valence-corrected chi connectivity index (χ0v) is 14.5. The van der Waals surface area contributed by atoms with Crippen LogP contribution in [0.1, 0.15) is 37.9 Å². The Labute approximate surface area is 143 Å². The van der Waals surface area contributed by atoms with E-state index in [9.17, 15) is 4.79 Å². The molecule has 1 amide bonds. The summed E-state index contributed by atoms with van der Waals surface area (Å²) in [5, 5.41) is 7.00. The Bertz CT molecular complexity index is 462. The van der Waals surface area contributed by atoms with Crippen LogP contribution in [-0.2, 0) is 9.53 Å². The van der Waals surface area contributed by atoms with E-state index in [2.05, 4.69) is 10.6 Å². The number of methoxy groups -OCH3 is 1. The van der Waals surface area contributed by atoms with E-state index in [-0.39, 0.29) is 36.5 Å². The van der Waals surface area contributed by atoms with Gasteiger partial charge in [0.1, 0.15) is 6.10 Å². The summed E-state index contributed by atoms with van der Waals surface area (Å²) in [6.45, 7) is 2.88. The summed E-state index contributed by atoms with van der Waals surface area (Å²) in [5.41, 5.74) is 1.01. The van der Waals surface area contributed by atoms with Gasteiger partial charge in [0, 0.05) is 12.1 Å². The Balaban J connectivity index is 0.00000242. The van der Waals surface area contributed by atoms with Gasteiger partial charge in [-0.2, -0.15) is 0 Å². The van der Waals surface area contributed by atoms with Crippen LogP contribution in [0.5, 0.6) is 0 Å². The number of amides is 1. The van der Waals surface area contributed by atoms with E-state index in [4.69, 9.17) is 16.3 Å². The summed E-state index contributed by atoms with van der Waals surface area (Å²) in [4.78, 5) is 12.3. The minimum Gasteiger partial charge on any atom is -0.375 e. The molecule has 6 heteroatoms. The molecule has 2 rings (SSSR count). The summed E-state index contributed by atoms with van der Waals surface area (Å²) in [7, 11) is 1.65. The van der Waals surface area contributed by atoms with Gasteiger partial charge in [-0.25, -0.2) is 0 Å². The van der Waals surface area contributed by atoms with Crippen molar-refractivity contribution < 1.29 is 9.53 Å². The molecule has 22 heavy (non-hydrogen) atoms. The molecule has 0 aromatic heterocycles. The molecule has 0 aliphatic carbocycles. The van der Waals surface area contributed by atoms with Gasteiger partial charge in [0.15, 0.2) is 0 Å². The number of benzene rings is 1. The van der Waals surface area contributed by atoms with Gasteiger partial charge in [-0.15, -0.1) is 12.4 Å². The first-order chi connectivity index (χ1) is 10.1. The highest BCUT2D eigenvalue weighted by Crippen LogP contribution is 2.22. The molecule has 2 N–H and O–H groups in total. The van der Waals surface area contributed by atoms with Crippen LogP contribution in [0.15, 0.2) is 24.3 Å². The lowest BCUT2D eigenvalue weighted by Gasteiger charge is -2.28. The van der Waals surface area contributed by atoms with Gasteiger partial charge in [-0.3, -0.25) is 4.79 Å². The van der Waals surface area contributed by atoms with Crippen molar-refractivity contribution in [3.63, 3.8) is 0 Å². The number of piperidine rings is 1. The van der Waals surface area contributed by atoms with Crippen molar-refractivity contribution in [3.05, 3.63) is 34.9 Å². The van der Waals surface area contributed by atoms with Crippen LogP contribution in [0.25, 0.3) is 0 Å². The fraction of sp³-hybridized carbons (Fsp3) is 0.562. The first-order valence-corrected chi connectivity index (χ1v) is 7.81. The Hall–Kier alpha value is -0.810. The molecule has 3 atom stereocenters. The number of ether oxygens (including phenoxy) is 1. The lowest BCUT2D eigenvalue weighted by molar-refractivity contribution is -0.125. The maximum Gasteiger partial charge on any atom is 0.237 e. The average molecular weight is 347 g/mol. The zero-order valence-electron chi connectivity index (χ0n) is 13.0. The van der Waals surface area contributed by atoms with Crippen molar-refractivity contribution in [3.8, 4) is 0 Å². The van der Waals surface area contributed by atoms with Gasteiger partial charge in [0.25, 0.3) is 0 Å². The number of rotatable bonds is 5. The number of hydrogen-bond acceptors (Lipinski definition) is 3. The third kappa shape index (κ3) is 5.13. The maximum atomic E-state index is 12.3. The fourth-order valence-corrected chi connectivity index (χ4v) is 2.88. The Morgan fingerprint density at radius 2 is 2.05 bits per heavy atom. The van der Waals surface area contributed by atoms with E-state index in [1.165, 1.54) is 0 Å². The molecule has 1 fully saturated rings. The minimum atomic E-state index is -0.185. The van der Waals surface area contributed by atoms with Crippen LogP contribution < -0.4 is 10.6 Å². The number of halogens is 2. The van der Waals surface area contributed by atoms with Gasteiger partial charge in [-0.1, -0.05) is 30.2 Å². The van der Waals surface area contributed by atoms with Crippen molar-refractivity contribution in [1.29, 1.82) is 0 Å². The predicted octanol–water partition coefficient (Wildman–Crippen LogP) is 3.10. The molecule has 0 saturated carbocycles. The van der Waals surface area contributed by atoms with Crippen LogP contribution in [0, 0.1) is 0 Å². The second-order valence-corrected chi connectivity index (χ2v) is 5.94. The number of carbonyl (C=O) groups is 1. The third-order valence-electron chi connectivity index (χ3n) is 3.90. The molecule has 0 bridgehead atoms. The predicted molar refractivity (Wildman–Crippen MR) is 91.7 cm³/mol. The van der Waals surface area contributed by atoms with E-state index >= 15 is 0 Å². The van der Waals surface area contributed by atoms with E-state index in [1.54, 1.807) is 7.11 Å². The van der Waals surface area contributed by atoms with Crippen molar-refractivity contribution in [2.45, 2.75) is 44.4 Å². The number of nitrogens with one attached hydrogen (secondary N) is 2. The van der Waals surface area contributed by atoms with Crippen LogP contribution in [0.2, 0.25) is 5.02 Å². The molecule has 1 aliphatic heterocycles.